The Morgan fingerprint density at radius 1 is 1.55 bits per heavy atom. The van der Waals surface area contributed by atoms with Crippen LogP contribution in [0.25, 0.3) is 0 Å². The van der Waals surface area contributed by atoms with Crippen LogP contribution >= 0.6 is 0 Å². The van der Waals surface area contributed by atoms with Crippen molar-refractivity contribution >= 4 is 17.7 Å². The van der Waals surface area contributed by atoms with Gasteiger partial charge in [-0.2, -0.15) is 0 Å². The maximum atomic E-state index is 10.8. The number of rotatable bonds is 1. The Morgan fingerprint density at radius 2 is 2.09 bits per heavy atom. The fraction of sp³-hybridized carbons (Fsp3) is 0.500. The standard InChI is InChI=1S/C6H7NO4/c1-2-3(5(7)9)4(8)6(10)11-2/h2-3H,1H3,(H2,7,9). The van der Waals surface area contributed by atoms with Crippen molar-refractivity contribution in [1.82, 2.24) is 0 Å². The number of carbonyl (C=O) groups is 3. The third-order valence-corrected chi connectivity index (χ3v) is 1.55. The first-order valence-electron chi connectivity index (χ1n) is 3.08. The molecule has 1 amide bonds. The Bertz CT molecular complexity index is 235. The highest BCUT2D eigenvalue weighted by atomic mass is 16.6. The highest BCUT2D eigenvalue weighted by molar-refractivity contribution is 6.40. The van der Waals surface area contributed by atoms with E-state index in [-0.39, 0.29) is 0 Å². The summed E-state index contributed by atoms with van der Waals surface area (Å²) in [7, 11) is 0. The highest BCUT2D eigenvalue weighted by Gasteiger charge is 2.44. The van der Waals surface area contributed by atoms with Crippen molar-refractivity contribution in [3.05, 3.63) is 0 Å². The number of esters is 1. The zero-order valence-electron chi connectivity index (χ0n) is 5.87. The summed E-state index contributed by atoms with van der Waals surface area (Å²) in [4.78, 5) is 31.8. The van der Waals surface area contributed by atoms with Crippen LogP contribution < -0.4 is 5.73 Å². The molecule has 2 unspecified atom stereocenters. The van der Waals surface area contributed by atoms with Crippen LogP contribution in [0.15, 0.2) is 0 Å². The molecule has 2 N–H and O–H groups in total. The SMILES string of the molecule is CC1OC(=O)C(=O)C1C(N)=O. The Balaban J connectivity index is 2.88. The van der Waals surface area contributed by atoms with Crippen LogP contribution in [-0.2, 0) is 19.1 Å². The van der Waals surface area contributed by atoms with Gasteiger partial charge in [0.1, 0.15) is 12.0 Å². The summed E-state index contributed by atoms with van der Waals surface area (Å²) >= 11 is 0. The molecule has 5 heteroatoms. The summed E-state index contributed by atoms with van der Waals surface area (Å²) in [5, 5.41) is 0. The number of ketones is 1. The van der Waals surface area contributed by atoms with Crippen molar-refractivity contribution in [1.29, 1.82) is 0 Å². The Morgan fingerprint density at radius 3 is 2.27 bits per heavy atom. The minimum atomic E-state index is -1.09. The molecular formula is C6H7NO4. The van der Waals surface area contributed by atoms with Crippen LogP contribution in [0.2, 0.25) is 0 Å². The van der Waals surface area contributed by atoms with Crippen molar-refractivity contribution in [3.8, 4) is 0 Å². The molecule has 1 saturated heterocycles. The molecule has 0 saturated carbocycles. The third kappa shape index (κ3) is 1.09. The first-order chi connectivity index (χ1) is 5.04. The number of hydrogen-bond acceptors (Lipinski definition) is 4. The molecule has 0 aromatic rings. The molecule has 0 aromatic carbocycles. The maximum absolute atomic E-state index is 10.8. The minimum Gasteiger partial charge on any atom is -0.456 e. The fourth-order valence-electron chi connectivity index (χ4n) is 0.996. The molecule has 1 aliphatic rings. The van der Waals surface area contributed by atoms with Gasteiger partial charge in [-0.1, -0.05) is 0 Å². The molecule has 1 rings (SSSR count). The molecule has 60 valence electrons. The average molecular weight is 157 g/mol. The monoisotopic (exact) mass is 157 g/mol. The second kappa shape index (κ2) is 2.34. The number of primary amides is 1. The van der Waals surface area contributed by atoms with Gasteiger partial charge in [0, 0.05) is 0 Å². The lowest BCUT2D eigenvalue weighted by molar-refractivity contribution is -0.148. The summed E-state index contributed by atoms with van der Waals surface area (Å²) in [6.45, 7) is 1.46. The van der Waals surface area contributed by atoms with E-state index in [1.54, 1.807) is 0 Å². The number of ether oxygens (including phenoxy) is 1. The van der Waals surface area contributed by atoms with Crippen LogP contribution in [0.1, 0.15) is 6.92 Å². The van der Waals surface area contributed by atoms with Crippen molar-refractivity contribution in [2.45, 2.75) is 13.0 Å². The van der Waals surface area contributed by atoms with Crippen LogP contribution in [0.5, 0.6) is 0 Å². The summed E-state index contributed by atoms with van der Waals surface area (Å²) in [5.41, 5.74) is 4.85. The Labute approximate surface area is 62.5 Å². The summed E-state index contributed by atoms with van der Waals surface area (Å²) in [6, 6.07) is 0. The number of hydrogen-bond donors (Lipinski definition) is 1. The topological polar surface area (TPSA) is 86.5 Å². The van der Waals surface area contributed by atoms with E-state index in [4.69, 9.17) is 5.73 Å². The molecular weight excluding hydrogens is 150 g/mol. The molecule has 1 aliphatic heterocycles. The molecule has 1 heterocycles. The van der Waals surface area contributed by atoms with Crippen molar-refractivity contribution in [2.24, 2.45) is 11.7 Å². The smallest absolute Gasteiger partial charge is 0.375 e. The lowest BCUT2D eigenvalue weighted by atomic mass is 10.0. The van der Waals surface area contributed by atoms with Crippen molar-refractivity contribution < 1.29 is 19.1 Å². The number of Topliss-reactive ketones (excluding diaryl/α,β-unsaturated/α-hetero) is 1. The van der Waals surface area contributed by atoms with Gasteiger partial charge in [0.25, 0.3) is 5.78 Å². The van der Waals surface area contributed by atoms with Gasteiger partial charge in [-0.05, 0) is 6.92 Å². The van der Waals surface area contributed by atoms with Gasteiger partial charge in [-0.15, -0.1) is 0 Å². The van der Waals surface area contributed by atoms with Crippen LogP contribution in [0, 0.1) is 5.92 Å². The molecule has 0 aromatic heterocycles. The van der Waals surface area contributed by atoms with E-state index >= 15 is 0 Å². The predicted molar refractivity (Wildman–Crippen MR) is 33.2 cm³/mol. The maximum Gasteiger partial charge on any atom is 0.375 e. The number of amides is 1. The zero-order valence-corrected chi connectivity index (χ0v) is 5.87. The summed E-state index contributed by atoms with van der Waals surface area (Å²) in [5.74, 6) is -3.72. The molecule has 2 atom stereocenters. The average Bonchev–Trinajstić information content (AvgIpc) is 2.07. The fourth-order valence-corrected chi connectivity index (χ4v) is 0.996. The minimum absolute atomic E-state index is 0.715. The van der Waals surface area contributed by atoms with Crippen LogP contribution in [-0.4, -0.2) is 23.8 Å². The second-order valence-electron chi connectivity index (χ2n) is 2.35. The lowest BCUT2D eigenvalue weighted by Crippen LogP contribution is -2.33. The van der Waals surface area contributed by atoms with E-state index in [0.717, 1.165) is 0 Å². The Kier molecular flexibility index (Phi) is 1.64. The summed E-state index contributed by atoms with van der Waals surface area (Å²) in [6.07, 6.45) is -0.715. The van der Waals surface area contributed by atoms with E-state index < -0.39 is 29.7 Å². The van der Waals surface area contributed by atoms with Gasteiger partial charge in [-0.3, -0.25) is 9.59 Å². The van der Waals surface area contributed by atoms with Gasteiger partial charge in [0.15, 0.2) is 0 Å². The Hall–Kier alpha value is -1.39. The molecule has 0 bridgehead atoms. The molecule has 1 fully saturated rings. The molecule has 0 spiro atoms. The van der Waals surface area contributed by atoms with E-state index in [1.165, 1.54) is 6.92 Å². The third-order valence-electron chi connectivity index (χ3n) is 1.55. The molecule has 0 aliphatic carbocycles. The van der Waals surface area contributed by atoms with Crippen molar-refractivity contribution in [2.75, 3.05) is 0 Å². The van der Waals surface area contributed by atoms with Crippen molar-refractivity contribution in [3.63, 3.8) is 0 Å². The van der Waals surface area contributed by atoms with E-state index in [1.807, 2.05) is 0 Å². The molecule has 5 nitrogen and oxygen atoms in total. The van der Waals surface area contributed by atoms with E-state index in [0.29, 0.717) is 0 Å². The van der Waals surface area contributed by atoms with E-state index in [2.05, 4.69) is 4.74 Å². The second-order valence-corrected chi connectivity index (χ2v) is 2.35. The van der Waals surface area contributed by atoms with E-state index in [9.17, 15) is 14.4 Å². The normalized spacial score (nSPS) is 30.3. The van der Waals surface area contributed by atoms with Gasteiger partial charge >= 0.3 is 5.97 Å². The van der Waals surface area contributed by atoms with Gasteiger partial charge in [0.05, 0.1) is 0 Å². The predicted octanol–water partition coefficient (Wildman–Crippen LogP) is -1.40. The van der Waals surface area contributed by atoms with Crippen LogP contribution in [0.4, 0.5) is 0 Å². The lowest BCUT2D eigenvalue weighted by Gasteiger charge is -2.04. The van der Waals surface area contributed by atoms with Gasteiger partial charge in [-0.25, -0.2) is 4.79 Å². The molecule has 11 heavy (non-hydrogen) atoms. The largest absolute Gasteiger partial charge is 0.456 e. The highest BCUT2D eigenvalue weighted by Crippen LogP contribution is 2.17. The molecule has 0 radical (unpaired) electrons. The summed E-state index contributed by atoms with van der Waals surface area (Å²) < 4.78 is 4.46. The number of carbonyl (C=O) groups excluding carboxylic acids is 3. The van der Waals surface area contributed by atoms with Crippen LogP contribution in [0.3, 0.4) is 0 Å². The first-order valence-corrected chi connectivity index (χ1v) is 3.08. The van der Waals surface area contributed by atoms with Gasteiger partial charge < -0.3 is 10.5 Å². The quantitative estimate of drug-likeness (QED) is 0.288. The number of cyclic esters (lactones) is 1. The first kappa shape index (κ1) is 7.71. The van der Waals surface area contributed by atoms with Gasteiger partial charge in [0.2, 0.25) is 5.91 Å². The number of nitrogens with two attached hydrogens (primary N) is 1. The zero-order chi connectivity index (χ0) is 8.59.